The van der Waals surface area contributed by atoms with Crippen molar-refractivity contribution in [1.82, 2.24) is 5.32 Å². The van der Waals surface area contributed by atoms with Gasteiger partial charge < -0.3 is 5.32 Å². The second kappa shape index (κ2) is 10.7. The molecular weight excluding hydrogens is 530 g/mol. The molecule has 0 atom stereocenters. The van der Waals surface area contributed by atoms with Crippen molar-refractivity contribution in [3.8, 4) is 0 Å². The van der Waals surface area contributed by atoms with Crippen LogP contribution < -0.4 is 9.62 Å². The predicted octanol–water partition coefficient (Wildman–Crippen LogP) is 4.37. The fraction of sp³-hybridized carbons (Fsp3) is 0.174. The highest BCUT2D eigenvalue weighted by Gasteiger charge is 2.26. The van der Waals surface area contributed by atoms with Gasteiger partial charge in [0.05, 0.1) is 10.6 Å². The van der Waals surface area contributed by atoms with Gasteiger partial charge in [0.25, 0.3) is 10.0 Å². The maximum Gasteiger partial charge on any atom is 0.264 e. The number of carbonyl (C=O) groups is 1. The lowest BCUT2D eigenvalue weighted by molar-refractivity contribution is -0.119. The summed E-state index contributed by atoms with van der Waals surface area (Å²) in [5, 5.41) is 2.78. The van der Waals surface area contributed by atoms with Crippen LogP contribution in [0.1, 0.15) is 12.0 Å². The van der Waals surface area contributed by atoms with Crippen LogP contribution in [0.4, 0.5) is 10.1 Å². The molecule has 3 aromatic rings. The minimum absolute atomic E-state index is 0.123. The van der Waals surface area contributed by atoms with Crippen molar-refractivity contribution in [1.29, 1.82) is 0 Å². The number of sulfonamides is 1. The second-order valence-corrected chi connectivity index (χ2v) is 9.99. The van der Waals surface area contributed by atoms with Crippen LogP contribution in [0.2, 0.25) is 0 Å². The molecule has 31 heavy (non-hydrogen) atoms. The summed E-state index contributed by atoms with van der Waals surface area (Å²) in [5.74, 6) is -0.676. The lowest BCUT2D eigenvalue weighted by atomic mass is 10.1. The Hall–Kier alpha value is -2.46. The molecular formula is C23H22FIN2O3S. The van der Waals surface area contributed by atoms with Crippen molar-refractivity contribution >= 4 is 44.2 Å². The molecule has 5 nitrogen and oxygen atoms in total. The average molecular weight is 552 g/mol. The number of rotatable bonds is 9. The van der Waals surface area contributed by atoms with E-state index in [2.05, 4.69) is 27.9 Å². The zero-order valence-electron chi connectivity index (χ0n) is 16.7. The Balaban J connectivity index is 1.67. The molecule has 0 fully saturated rings. The third kappa shape index (κ3) is 6.51. The first-order valence-electron chi connectivity index (χ1n) is 9.71. The van der Waals surface area contributed by atoms with Gasteiger partial charge in [-0.05, 0) is 89.5 Å². The van der Waals surface area contributed by atoms with Gasteiger partial charge in [-0.25, -0.2) is 12.8 Å². The van der Waals surface area contributed by atoms with E-state index in [-0.39, 0.29) is 17.3 Å². The van der Waals surface area contributed by atoms with E-state index in [4.69, 9.17) is 0 Å². The Morgan fingerprint density at radius 3 is 2.23 bits per heavy atom. The molecule has 0 aliphatic heterocycles. The standard InChI is InChI=1S/C23H22FIN2O3S/c24-19-10-8-18(9-11-19)5-4-16-26-23(28)17-27(21-14-12-20(25)13-15-21)31(29,30)22-6-2-1-3-7-22/h1-3,6-15H,4-5,16-17H2,(H,26,28). The molecule has 1 amide bonds. The highest BCUT2D eigenvalue weighted by Crippen LogP contribution is 2.24. The molecule has 0 radical (unpaired) electrons. The minimum Gasteiger partial charge on any atom is -0.355 e. The summed E-state index contributed by atoms with van der Waals surface area (Å²) in [6.07, 6.45) is 1.34. The number of carbonyl (C=O) groups excluding carboxylic acids is 1. The Kier molecular flexibility index (Phi) is 8.03. The molecule has 0 aromatic heterocycles. The van der Waals surface area contributed by atoms with Gasteiger partial charge in [-0.1, -0.05) is 30.3 Å². The smallest absolute Gasteiger partial charge is 0.264 e. The van der Waals surface area contributed by atoms with Crippen molar-refractivity contribution in [2.75, 3.05) is 17.4 Å². The number of hydrogen-bond donors (Lipinski definition) is 1. The first kappa shape index (κ1) is 23.2. The molecule has 0 aliphatic rings. The quantitative estimate of drug-likeness (QED) is 0.317. The summed E-state index contributed by atoms with van der Waals surface area (Å²) in [6, 6.07) is 21.2. The number of halogens is 2. The first-order chi connectivity index (χ1) is 14.9. The van der Waals surface area contributed by atoms with Crippen LogP contribution in [0.5, 0.6) is 0 Å². The third-order valence-corrected chi connectivity index (χ3v) is 7.12. The van der Waals surface area contributed by atoms with Gasteiger partial charge in [0.15, 0.2) is 0 Å². The molecule has 0 saturated heterocycles. The Morgan fingerprint density at radius 2 is 1.58 bits per heavy atom. The fourth-order valence-corrected chi connectivity index (χ4v) is 4.80. The number of aryl methyl sites for hydroxylation is 1. The van der Waals surface area contributed by atoms with Gasteiger partial charge >= 0.3 is 0 Å². The van der Waals surface area contributed by atoms with Crippen molar-refractivity contribution in [3.05, 3.63) is 93.8 Å². The SMILES string of the molecule is O=C(CN(c1ccc(I)cc1)S(=O)(=O)c1ccccc1)NCCCc1ccc(F)cc1. The third-order valence-electron chi connectivity index (χ3n) is 4.61. The summed E-state index contributed by atoms with van der Waals surface area (Å²) in [6.45, 7) is 0.0660. The number of nitrogens with zero attached hydrogens (tertiary/aromatic N) is 1. The molecule has 3 rings (SSSR count). The van der Waals surface area contributed by atoms with Crippen molar-refractivity contribution in [3.63, 3.8) is 0 Å². The topological polar surface area (TPSA) is 66.5 Å². The van der Waals surface area contributed by atoms with Gasteiger partial charge in [0, 0.05) is 10.1 Å². The first-order valence-corrected chi connectivity index (χ1v) is 12.2. The Bertz CT molecular complexity index is 1110. The summed E-state index contributed by atoms with van der Waals surface area (Å²) in [5.41, 5.74) is 1.40. The van der Waals surface area contributed by atoms with Crippen molar-refractivity contribution in [2.24, 2.45) is 0 Å². The summed E-state index contributed by atoms with van der Waals surface area (Å²) >= 11 is 2.14. The van der Waals surface area contributed by atoms with Gasteiger partial charge in [0.2, 0.25) is 5.91 Å². The summed E-state index contributed by atoms with van der Waals surface area (Å²) < 4.78 is 41.5. The minimum atomic E-state index is -3.91. The average Bonchev–Trinajstić information content (AvgIpc) is 2.77. The largest absolute Gasteiger partial charge is 0.355 e. The van der Waals surface area contributed by atoms with Gasteiger partial charge in [-0.3, -0.25) is 9.10 Å². The highest BCUT2D eigenvalue weighted by atomic mass is 127. The molecule has 1 N–H and O–H groups in total. The molecule has 0 spiro atoms. The van der Waals surface area contributed by atoms with E-state index in [9.17, 15) is 17.6 Å². The summed E-state index contributed by atoms with van der Waals surface area (Å²) in [4.78, 5) is 12.7. The molecule has 0 aliphatic carbocycles. The zero-order chi connectivity index (χ0) is 22.3. The van der Waals surface area contributed by atoms with Crippen LogP contribution in [-0.2, 0) is 21.2 Å². The van der Waals surface area contributed by atoms with E-state index < -0.39 is 15.9 Å². The molecule has 0 saturated carbocycles. The number of hydrogen-bond acceptors (Lipinski definition) is 3. The van der Waals surface area contributed by atoms with Gasteiger partial charge in [-0.2, -0.15) is 0 Å². The predicted molar refractivity (Wildman–Crippen MR) is 128 cm³/mol. The number of amides is 1. The molecule has 0 bridgehead atoms. The lowest BCUT2D eigenvalue weighted by Crippen LogP contribution is -2.41. The van der Waals surface area contributed by atoms with Crippen LogP contribution in [-0.4, -0.2) is 27.4 Å². The van der Waals surface area contributed by atoms with Crippen LogP contribution in [0.15, 0.2) is 83.8 Å². The summed E-state index contributed by atoms with van der Waals surface area (Å²) in [7, 11) is -3.91. The van der Waals surface area contributed by atoms with E-state index >= 15 is 0 Å². The second-order valence-electron chi connectivity index (χ2n) is 6.88. The fourth-order valence-electron chi connectivity index (χ4n) is 3.00. The number of nitrogens with one attached hydrogen (secondary N) is 1. The van der Waals surface area contributed by atoms with Crippen LogP contribution >= 0.6 is 22.6 Å². The maximum absolute atomic E-state index is 13.2. The number of anilines is 1. The van der Waals surface area contributed by atoms with Gasteiger partial charge in [-0.15, -0.1) is 0 Å². The molecule has 162 valence electrons. The zero-order valence-corrected chi connectivity index (χ0v) is 19.6. The highest BCUT2D eigenvalue weighted by molar-refractivity contribution is 14.1. The molecule has 8 heteroatoms. The van der Waals surface area contributed by atoms with Crippen molar-refractivity contribution in [2.45, 2.75) is 17.7 Å². The van der Waals surface area contributed by atoms with Crippen LogP contribution in [0.3, 0.4) is 0 Å². The van der Waals surface area contributed by atoms with Crippen LogP contribution in [0, 0.1) is 9.39 Å². The van der Waals surface area contributed by atoms with E-state index in [1.165, 1.54) is 24.3 Å². The molecule has 0 heterocycles. The molecule has 3 aromatic carbocycles. The van der Waals surface area contributed by atoms with Crippen molar-refractivity contribution < 1.29 is 17.6 Å². The maximum atomic E-state index is 13.2. The van der Waals surface area contributed by atoms with E-state index in [1.54, 1.807) is 54.6 Å². The lowest BCUT2D eigenvalue weighted by Gasteiger charge is -2.24. The van der Waals surface area contributed by atoms with Gasteiger partial charge in [0.1, 0.15) is 12.4 Å². The Labute approximate surface area is 195 Å². The van der Waals surface area contributed by atoms with E-state index in [0.717, 1.165) is 13.4 Å². The normalized spacial score (nSPS) is 11.2. The van der Waals surface area contributed by atoms with Crippen LogP contribution in [0.25, 0.3) is 0 Å². The van der Waals surface area contributed by atoms with E-state index in [0.29, 0.717) is 25.1 Å². The molecule has 0 unspecified atom stereocenters. The Morgan fingerprint density at radius 1 is 0.935 bits per heavy atom. The monoisotopic (exact) mass is 552 g/mol. The number of benzene rings is 3. The van der Waals surface area contributed by atoms with E-state index in [1.807, 2.05) is 0 Å².